The first-order valence-corrected chi connectivity index (χ1v) is 5.76. The largest absolute Gasteiger partial charge is 0.327 e. The van der Waals surface area contributed by atoms with Crippen molar-refractivity contribution in [3.8, 4) is 0 Å². The summed E-state index contributed by atoms with van der Waals surface area (Å²) in [4.78, 5) is 0. The molecule has 1 aliphatic rings. The van der Waals surface area contributed by atoms with E-state index in [1.54, 1.807) is 0 Å². The third-order valence-electron chi connectivity index (χ3n) is 2.38. The van der Waals surface area contributed by atoms with Crippen LogP contribution in [0.3, 0.4) is 0 Å². The second-order valence-corrected chi connectivity index (χ2v) is 5.10. The topological polar surface area (TPSA) is 43.1 Å². The molecule has 3 atom stereocenters. The third-order valence-corrected chi connectivity index (χ3v) is 4.21. The van der Waals surface area contributed by atoms with Crippen LogP contribution in [0.25, 0.3) is 0 Å². The molecule has 0 aromatic carbocycles. The summed E-state index contributed by atoms with van der Waals surface area (Å²) in [5.41, 5.74) is 5.86. The van der Waals surface area contributed by atoms with Crippen LogP contribution in [0, 0.1) is 0 Å². The minimum absolute atomic E-state index is 0.199. The zero-order chi connectivity index (χ0) is 8.27. The molecule has 11 heavy (non-hydrogen) atoms. The minimum atomic E-state index is -0.669. The summed E-state index contributed by atoms with van der Waals surface area (Å²) in [5.74, 6) is 0.762. The molecule has 0 unspecified atom stereocenters. The Morgan fingerprint density at radius 3 is 2.64 bits per heavy atom. The van der Waals surface area contributed by atoms with Gasteiger partial charge in [-0.1, -0.05) is 19.8 Å². The van der Waals surface area contributed by atoms with Gasteiger partial charge in [-0.15, -0.1) is 0 Å². The molecular weight excluding hydrogens is 158 g/mol. The standard InChI is InChI=1S/C8H17NOS/c1-2-11(10)8-6-4-3-5-7(8)9/h7-8H,2-6,9H2,1H3/t7-,8-,11+/m1/s1. The fourth-order valence-electron chi connectivity index (χ4n) is 1.67. The Morgan fingerprint density at radius 2 is 2.09 bits per heavy atom. The molecule has 0 aromatic rings. The van der Waals surface area contributed by atoms with E-state index in [-0.39, 0.29) is 11.3 Å². The Labute approximate surface area is 71.0 Å². The normalized spacial score (nSPS) is 35.1. The van der Waals surface area contributed by atoms with Gasteiger partial charge in [0.25, 0.3) is 0 Å². The molecule has 0 aliphatic heterocycles. The van der Waals surface area contributed by atoms with Gasteiger partial charge in [0.15, 0.2) is 0 Å². The van der Waals surface area contributed by atoms with E-state index in [0.717, 1.165) is 18.6 Å². The molecule has 2 N–H and O–H groups in total. The minimum Gasteiger partial charge on any atom is -0.327 e. The van der Waals surface area contributed by atoms with Crippen molar-refractivity contribution in [1.82, 2.24) is 0 Å². The maximum absolute atomic E-state index is 11.4. The highest BCUT2D eigenvalue weighted by Gasteiger charge is 2.25. The van der Waals surface area contributed by atoms with Crippen molar-refractivity contribution >= 4 is 10.8 Å². The molecule has 3 heteroatoms. The molecule has 0 radical (unpaired) electrons. The summed E-state index contributed by atoms with van der Waals surface area (Å²) < 4.78 is 11.4. The lowest BCUT2D eigenvalue weighted by Gasteiger charge is -2.27. The van der Waals surface area contributed by atoms with Crippen molar-refractivity contribution in [3.05, 3.63) is 0 Å². The quantitative estimate of drug-likeness (QED) is 0.681. The Kier molecular flexibility index (Phi) is 3.52. The van der Waals surface area contributed by atoms with Crippen LogP contribution in [0.1, 0.15) is 32.6 Å². The Hall–Kier alpha value is 0.110. The first-order chi connectivity index (χ1) is 5.25. The average molecular weight is 175 g/mol. The summed E-state index contributed by atoms with van der Waals surface area (Å²) in [6.45, 7) is 1.97. The molecule has 0 spiro atoms. The zero-order valence-electron chi connectivity index (χ0n) is 7.08. The summed E-state index contributed by atoms with van der Waals surface area (Å²) in [5, 5.41) is 0.286. The molecule has 1 rings (SSSR count). The van der Waals surface area contributed by atoms with Gasteiger partial charge in [0, 0.05) is 27.8 Å². The van der Waals surface area contributed by atoms with E-state index >= 15 is 0 Å². The monoisotopic (exact) mass is 175 g/mol. The lowest BCUT2D eigenvalue weighted by atomic mass is 9.96. The Balaban J connectivity index is 2.47. The second-order valence-electron chi connectivity index (χ2n) is 3.16. The maximum atomic E-state index is 11.4. The van der Waals surface area contributed by atoms with Crippen LogP contribution in [0.5, 0.6) is 0 Å². The molecule has 2 nitrogen and oxygen atoms in total. The molecule has 1 fully saturated rings. The van der Waals surface area contributed by atoms with Crippen molar-refractivity contribution in [3.63, 3.8) is 0 Å². The lowest BCUT2D eigenvalue weighted by molar-refractivity contribution is 0.445. The van der Waals surface area contributed by atoms with Gasteiger partial charge in [0.05, 0.1) is 0 Å². The van der Waals surface area contributed by atoms with Crippen molar-refractivity contribution < 1.29 is 4.21 Å². The second kappa shape index (κ2) is 4.21. The molecule has 1 aliphatic carbocycles. The highest BCUT2D eigenvalue weighted by Crippen LogP contribution is 2.21. The van der Waals surface area contributed by atoms with Crippen molar-refractivity contribution in [2.75, 3.05) is 5.75 Å². The first kappa shape index (κ1) is 9.20. The van der Waals surface area contributed by atoms with Crippen LogP contribution < -0.4 is 5.73 Å². The van der Waals surface area contributed by atoms with Crippen molar-refractivity contribution in [2.45, 2.75) is 43.9 Å². The van der Waals surface area contributed by atoms with Crippen LogP contribution in [0.2, 0.25) is 0 Å². The predicted molar refractivity (Wildman–Crippen MR) is 48.9 cm³/mol. The van der Waals surface area contributed by atoms with Crippen LogP contribution in [-0.4, -0.2) is 21.3 Å². The zero-order valence-corrected chi connectivity index (χ0v) is 7.90. The SMILES string of the molecule is CC[S@](=O)[C@@H]1CCCC[C@H]1N. The van der Waals surface area contributed by atoms with E-state index < -0.39 is 10.8 Å². The molecule has 0 bridgehead atoms. The van der Waals surface area contributed by atoms with Crippen molar-refractivity contribution in [2.24, 2.45) is 5.73 Å². The van der Waals surface area contributed by atoms with Gasteiger partial charge in [0.1, 0.15) is 0 Å². The van der Waals surface area contributed by atoms with Crippen LogP contribution in [-0.2, 0) is 10.8 Å². The number of hydrogen-bond donors (Lipinski definition) is 1. The highest BCUT2D eigenvalue weighted by molar-refractivity contribution is 7.85. The molecule has 1 saturated carbocycles. The van der Waals surface area contributed by atoms with Gasteiger partial charge < -0.3 is 5.73 Å². The van der Waals surface area contributed by atoms with Crippen LogP contribution >= 0.6 is 0 Å². The van der Waals surface area contributed by atoms with E-state index in [0.29, 0.717) is 0 Å². The van der Waals surface area contributed by atoms with Crippen LogP contribution in [0.15, 0.2) is 0 Å². The number of rotatable bonds is 2. The van der Waals surface area contributed by atoms with E-state index in [1.165, 1.54) is 12.8 Å². The summed E-state index contributed by atoms with van der Waals surface area (Å²) in [7, 11) is -0.669. The lowest BCUT2D eigenvalue weighted by Crippen LogP contribution is -2.40. The summed E-state index contributed by atoms with van der Waals surface area (Å²) in [6.07, 6.45) is 4.57. The molecular formula is C8H17NOS. The summed E-state index contributed by atoms with van der Waals surface area (Å²) in [6, 6.07) is 0.199. The Bertz CT molecular complexity index is 149. The fraction of sp³-hybridized carbons (Fsp3) is 1.00. The number of nitrogens with two attached hydrogens (primary N) is 1. The maximum Gasteiger partial charge on any atom is 0.0498 e. The fourth-order valence-corrected chi connectivity index (χ4v) is 3.05. The van der Waals surface area contributed by atoms with Crippen molar-refractivity contribution in [1.29, 1.82) is 0 Å². The van der Waals surface area contributed by atoms with Gasteiger partial charge in [-0.05, 0) is 12.8 Å². The molecule has 0 aromatic heterocycles. The molecule has 0 saturated heterocycles. The molecule has 0 heterocycles. The molecule has 0 amide bonds. The highest BCUT2D eigenvalue weighted by atomic mass is 32.2. The molecule has 66 valence electrons. The van der Waals surface area contributed by atoms with E-state index in [1.807, 2.05) is 6.92 Å². The van der Waals surface area contributed by atoms with Gasteiger partial charge in [-0.25, -0.2) is 0 Å². The van der Waals surface area contributed by atoms with Crippen LogP contribution in [0.4, 0.5) is 0 Å². The van der Waals surface area contributed by atoms with E-state index in [9.17, 15) is 4.21 Å². The number of hydrogen-bond acceptors (Lipinski definition) is 2. The van der Waals surface area contributed by atoms with Gasteiger partial charge >= 0.3 is 0 Å². The predicted octanol–water partition coefficient (Wildman–Crippen LogP) is 1.02. The van der Waals surface area contributed by atoms with Gasteiger partial charge in [0.2, 0.25) is 0 Å². The summed E-state index contributed by atoms with van der Waals surface area (Å²) >= 11 is 0. The van der Waals surface area contributed by atoms with E-state index in [4.69, 9.17) is 5.73 Å². The first-order valence-electron chi connectivity index (χ1n) is 4.38. The Morgan fingerprint density at radius 1 is 1.45 bits per heavy atom. The third kappa shape index (κ3) is 2.27. The smallest absolute Gasteiger partial charge is 0.0498 e. The van der Waals surface area contributed by atoms with Gasteiger partial charge in [-0.3, -0.25) is 4.21 Å². The average Bonchev–Trinajstić information content (AvgIpc) is 2.04. The van der Waals surface area contributed by atoms with Gasteiger partial charge in [-0.2, -0.15) is 0 Å². The van der Waals surface area contributed by atoms with E-state index in [2.05, 4.69) is 0 Å².